The summed E-state index contributed by atoms with van der Waals surface area (Å²) in [6, 6.07) is 18.2. The third-order valence-electron chi connectivity index (χ3n) is 5.57. The maximum Gasteiger partial charge on any atom is 0.262 e. The first-order valence-electron chi connectivity index (χ1n) is 9.13. The summed E-state index contributed by atoms with van der Waals surface area (Å²) in [4.78, 5) is 17.7. The van der Waals surface area contributed by atoms with Crippen LogP contribution in [0.15, 0.2) is 66.4 Å². The Labute approximate surface area is 154 Å². The van der Waals surface area contributed by atoms with Gasteiger partial charge in [0.15, 0.2) is 0 Å². The van der Waals surface area contributed by atoms with Crippen LogP contribution in [0.2, 0.25) is 0 Å². The van der Waals surface area contributed by atoms with E-state index in [2.05, 4.69) is 18.0 Å². The van der Waals surface area contributed by atoms with Crippen molar-refractivity contribution in [3.8, 4) is 5.75 Å². The Bertz CT molecular complexity index is 814. The van der Waals surface area contributed by atoms with Gasteiger partial charge < -0.3 is 4.74 Å². The number of carbonyl (C=O) groups is 1. The quantitative estimate of drug-likeness (QED) is 0.834. The summed E-state index contributed by atoms with van der Waals surface area (Å²) >= 11 is 0. The second-order valence-corrected chi connectivity index (χ2v) is 7.03. The minimum atomic E-state index is 0.0194. The van der Waals surface area contributed by atoms with Crippen molar-refractivity contribution in [2.75, 3.05) is 19.1 Å². The number of fused-ring (bicyclic) bond motifs is 2. The molecular weight excluding hydrogens is 324 g/mol. The number of carbonyl (C=O) groups excluding carboxylic acids is 1. The van der Waals surface area contributed by atoms with Gasteiger partial charge in [-0.15, -0.1) is 0 Å². The van der Waals surface area contributed by atoms with E-state index in [0.717, 1.165) is 23.6 Å². The van der Waals surface area contributed by atoms with E-state index >= 15 is 0 Å². The number of nitrogens with zero attached hydrogens (tertiary/aromatic N) is 2. The number of likely N-dealkylation sites (N-methyl/N-ethyl adjacent to an activating group) is 1. The van der Waals surface area contributed by atoms with Crippen molar-refractivity contribution in [2.45, 2.75) is 31.3 Å². The highest BCUT2D eigenvalue weighted by molar-refractivity contribution is 6.08. The van der Waals surface area contributed by atoms with Crippen molar-refractivity contribution in [1.82, 2.24) is 4.90 Å². The van der Waals surface area contributed by atoms with E-state index < -0.39 is 0 Å². The summed E-state index contributed by atoms with van der Waals surface area (Å²) < 4.78 is 5.27. The lowest BCUT2D eigenvalue weighted by molar-refractivity contribution is 0.0991. The Morgan fingerprint density at radius 3 is 2.46 bits per heavy atom. The van der Waals surface area contributed by atoms with E-state index in [-0.39, 0.29) is 5.91 Å². The lowest BCUT2D eigenvalue weighted by Crippen LogP contribution is -2.40. The SMILES string of the molecule is COc1ccc(N(C(=O)c2ccccc2)C2=CC3CCC(C2)N3C)cc1. The van der Waals surface area contributed by atoms with Crippen LogP contribution in [0.25, 0.3) is 0 Å². The summed E-state index contributed by atoms with van der Waals surface area (Å²) in [5.74, 6) is 0.809. The highest BCUT2D eigenvalue weighted by Crippen LogP contribution is 2.37. The fraction of sp³-hybridized carbons (Fsp3) is 0.318. The van der Waals surface area contributed by atoms with Crippen molar-refractivity contribution in [3.05, 3.63) is 71.9 Å². The molecule has 2 aromatic rings. The summed E-state index contributed by atoms with van der Waals surface area (Å²) in [5, 5.41) is 0. The van der Waals surface area contributed by atoms with Crippen molar-refractivity contribution in [2.24, 2.45) is 0 Å². The van der Waals surface area contributed by atoms with Crippen LogP contribution in [0, 0.1) is 0 Å². The molecule has 0 radical (unpaired) electrons. The lowest BCUT2D eigenvalue weighted by Gasteiger charge is -2.35. The minimum Gasteiger partial charge on any atom is -0.497 e. The number of benzene rings is 2. The Kier molecular flexibility index (Phi) is 4.51. The van der Waals surface area contributed by atoms with Crippen molar-refractivity contribution < 1.29 is 9.53 Å². The monoisotopic (exact) mass is 348 g/mol. The van der Waals surface area contributed by atoms with Crippen molar-refractivity contribution in [3.63, 3.8) is 0 Å². The van der Waals surface area contributed by atoms with Crippen LogP contribution in [0.5, 0.6) is 5.75 Å². The first kappa shape index (κ1) is 16.9. The molecule has 2 unspecified atom stereocenters. The van der Waals surface area contributed by atoms with Crippen LogP contribution >= 0.6 is 0 Å². The molecule has 2 bridgehead atoms. The first-order chi connectivity index (χ1) is 12.7. The number of hydrogen-bond donors (Lipinski definition) is 0. The van der Waals surface area contributed by atoms with E-state index in [1.165, 1.54) is 12.8 Å². The number of methoxy groups -OCH3 is 1. The smallest absolute Gasteiger partial charge is 0.262 e. The van der Waals surface area contributed by atoms with Gasteiger partial charge in [-0.1, -0.05) is 18.2 Å². The van der Waals surface area contributed by atoms with E-state index in [1.807, 2.05) is 59.5 Å². The normalized spacial score (nSPS) is 22.0. The van der Waals surface area contributed by atoms with E-state index in [4.69, 9.17) is 4.74 Å². The van der Waals surface area contributed by atoms with E-state index in [0.29, 0.717) is 17.6 Å². The van der Waals surface area contributed by atoms with Crippen LogP contribution in [0.3, 0.4) is 0 Å². The molecule has 4 heteroatoms. The minimum absolute atomic E-state index is 0.0194. The molecule has 1 amide bonds. The predicted molar refractivity (Wildman–Crippen MR) is 104 cm³/mol. The molecule has 2 heterocycles. The first-order valence-corrected chi connectivity index (χ1v) is 9.13. The molecule has 0 spiro atoms. The molecule has 1 saturated heterocycles. The zero-order valence-corrected chi connectivity index (χ0v) is 15.3. The molecule has 2 aromatic carbocycles. The number of anilines is 1. The molecule has 2 atom stereocenters. The highest BCUT2D eigenvalue weighted by Gasteiger charge is 2.37. The summed E-state index contributed by atoms with van der Waals surface area (Å²) in [7, 11) is 3.84. The molecule has 2 aliphatic rings. The topological polar surface area (TPSA) is 32.8 Å². The molecule has 26 heavy (non-hydrogen) atoms. The molecule has 0 N–H and O–H groups in total. The van der Waals surface area contributed by atoms with Crippen LogP contribution in [-0.4, -0.2) is 37.0 Å². The predicted octanol–water partition coefficient (Wildman–Crippen LogP) is 4.09. The standard InChI is InChI=1S/C22H24N2O2/c1-23-18-8-9-19(23)15-20(14-18)24(17-10-12-21(26-2)13-11-17)22(25)16-6-4-3-5-7-16/h3-7,10-14,18-19H,8-9,15H2,1-2H3. The Balaban J connectivity index is 1.74. The van der Waals surface area contributed by atoms with Gasteiger partial charge in [-0.3, -0.25) is 14.6 Å². The molecule has 134 valence electrons. The summed E-state index contributed by atoms with van der Waals surface area (Å²) in [6.07, 6.45) is 5.53. The maximum absolute atomic E-state index is 13.4. The number of hydrogen-bond acceptors (Lipinski definition) is 3. The number of ether oxygens (including phenoxy) is 1. The van der Waals surface area contributed by atoms with Gasteiger partial charge >= 0.3 is 0 Å². The molecular formula is C22H24N2O2. The van der Waals surface area contributed by atoms with Gasteiger partial charge in [0.25, 0.3) is 5.91 Å². The van der Waals surface area contributed by atoms with Crippen LogP contribution < -0.4 is 9.64 Å². The van der Waals surface area contributed by atoms with Gasteiger partial charge in [-0.2, -0.15) is 0 Å². The Morgan fingerprint density at radius 1 is 1.08 bits per heavy atom. The zero-order chi connectivity index (χ0) is 18.1. The number of amides is 1. The zero-order valence-electron chi connectivity index (χ0n) is 15.3. The van der Waals surface area contributed by atoms with Gasteiger partial charge in [-0.25, -0.2) is 0 Å². The van der Waals surface area contributed by atoms with E-state index in [1.54, 1.807) is 7.11 Å². The fourth-order valence-electron chi connectivity index (χ4n) is 4.04. The second-order valence-electron chi connectivity index (χ2n) is 7.03. The molecule has 4 rings (SSSR count). The van der Waals surface area contributed by atoms with Gasteiger partial charge in [-0.05, 0) is 62.4 Å². The summed E-state index contributed by atoms with van der Waals surface area (Å²) in [5.41, 5.74) is 2.69. The van der Waals surface area contributed by atoms with Crippen molar-refractivity contribution in [1.29, 1.82) is 0 Å². The number of rotatable bonds is 4. The van der Waals surface area contributed by atoms with Gasteiger partial charge in [0.2, 0.25) is 0 Å². The largest absolute Gasteiger partial charge is 0.497 e. The molecule has 2 aliphatic heterocycles. The fourth-order valence-corrected chi connectivity index (χ4v) is 4.04. The van der Waals surface area contributed by atoms with E-state index in [9.17, 15) is 4.79 Å². The van der Waals surface area contributed by atoms with Crippen LogP contribution in [-0.2, 0) is 0 Å². The Morgan fingerprint density at radius 2 is 1.81 bits per heavy atom. The third kappa shape index (κ3) is 3.01. The third-order valence-corrected chi connectivity index (χ3v) is 5.57. The highest BCUT2D eigenvalue weighted by atomic mass is 16.5. The van der Waals surface area contributed by atoms with Crippen molar-refractivity contribution >= 4 is 11.6 Å². The molecule has 0 aromatic heterocycles. The van der Waals surface area contributed by atoms with Crippen LogP contribution in [0.4, 0.5) is 5.69 Å². The molecule has 4 nitrogen and oxygen atoms in total. The summed E-state index contributed by atoms with van der Waals surface area (Å²) in [6.45, 7) is 0. The molecule has 1 fully saturated rings. The average molecular weight is 348 g/mol. The molecule has 0 aliphatic carbocycles. The average Bonchev–Trinajstić information content (AvgIpc) is 2.90. The van der Waals surface area contributed by atoms with Gasteiger partial charge in [0.05, 0.1) is 7.11 Å². The molecule has 0 saturated carbocycles. The second kappa shape index (κ2) is 6.96. The Hall–Kier alpha value is -2.59. The maximum atomic E-state index is 13.4. The van der Waals surface area contributed by atoms with Gasteiger partial charge in [0.1, 0.15) is 5.75 Å². The lowest BCUT2D eigenvalue weighted by atomic mass is 10.0. The van der Waals surface area contributed by atoms with Gasteiger partial charge in [0, 0.05) is 35.5 Å². The van der Waals surface area contributed by atoms with Crippen LogP contribution in [0.1, 0.15) is 29.6 Å².